The van der Waals surface area contributed by atoms with Crippen molar-refractivity contribution >= 4 is 27.0 Å². The average Bonchev–Trinajstić information content (AvgIpc) is 3.25. The second-order valence-corrected chi connectivity index (χ2v) is 14.8. The van der Waals surface area contributed by atoms with Crippen molar-refractivity contribution in [3.8, 4) is 11.4 Å². The summed E-state index contributed by atoms with van der Waals surface area (Å²) < 4.78 is 37.4. The summed E-state index contributed by atoms with van der Waals surface area (Å²) in [6, 6.07) is 18.5. The van der Waals surface area contributed by atoms with E-state index in [2.05, 4.69) is 44.8 Å². The number of hydrogen-bond donors (Lipinski definition) is 0. The van der Waals surface area contributed by atoms with Crippen LogP contribution in [0.4, 0.5) is 4.79 Å². The summed E-state index contributed by atoms with van der Waals surface area (Å²) in [5.41, 5.74) is 1.48. The first-order chi connectivity index (χ1) is 18.4. The smallest absolute Gasteiger partial charge is 0.428 e. The Morgan fingerprint density at radius 3 is 2.08 bits per heavy atom. The minimum absolute atomic E-state index is 0.0780. The molecule has 1 heterocycles. The first-order valence-corrected chi connectivity index (χ1v) is 14.7. The standard InChI is InChI=1S/C31H37N3O5S/c1-29(2,3)20-31(7,8)21-14-17-27(38-28(35)39-30(4,5)6)26(18-21)34-32-24-16-15-23(19-25(24)33-34)40(36,37)22-12-10-9-11-13-22/h9-19H,20H2,1-8H3. The van der Waals surface area contributed by atoms with Gasteiger partial charge in [0.05, 0.1) is 9.79 Å². The third-order valence-corrected chi connectivity index (χ3v) is 7.99. The highest BCUT2D eigenvalue weighted by atomic mass is 32.2. The Bertz CT molecular complexity index is 1640. The first kappa shape index (κ1) is 29.3. The average molecular weight is 564 g/mol. The fraction of sp³-hybridized carbons (Fsp3) is 0.387. The predicted molar refractivity (Wildman–Crippen MR) is 155 cm³/mol. The number of ether oxygens (including phenoxy) is 2. The minimum atomic E-state index is -3.73. The van der Waals surface area contributed by atoms with Crippen molar-refractivity contribution in [1.29, 1.82) is 0 Å². The summed E-state index contributed by atoms with van der Waals surface area (Å²) in [5, 5.41) is 9.20. The van der Waals surface area contributed by atoms with Crippen molar-refractivity contribution in [2.45, 2.75) is 82.6 Å². The SMILES string of the molecule is CC(C)(C)CC(C)(C)c1ccc(OC(=O)OC(C)(C)C)c(-n2nc3ccc(S(=O)(=O)c4ccccc4)cc3n2)c1. The van der Waals surface area contributed by atoms with Crippen molar-refractivity contribution < 1.29 is 22.7 Å². The van der Waals surface area contributed by atoms with Gasteiger partial charge in [0, 0.05) is 0 Å². The van der Waals surface area contributed by atoms with E-state index in [-0.39, 0.29) is 26.4 Å². The summed E-state index contributed by atoms with van der Waals surface area (Å²) >= 11 is 0. The van der Waals surface area contributed by atoms with Crippen LogP contribution < -0.4 is 4.74 Å². The van der Waals surface area contributed by atoms with Gasteiger partial charge in [-0.2, -0.15) is 0 Å². The van der Waals surface area contributed by atoms with E-state index in [1.54, 1.807) is 63.2 Å². The molecule has 4 aromatic rings. The van der Waals surface area contributed by atoms with Gasteiger partial charge in [-0.25, -0.2) is 13.2 Å². The molecule has 212 valence electrons. The molecule has 8 nitrogen and oxygen atoms in total. The number of carbonyl (C=O) groups is 1. The lowest BCUT2D eigenvalue weighted by Gasteiger charge is -2.33. The Morgan fingerprint density at radius 1 is 0.800 bits per heavy atom. The second-order valence-electron chi connectivity index (χ2n) is 12.8. The highest BCUT2D eigenvalue weighted by molar-refractivity contribution is 7.91. The van der Waals surface area contributed by atoms with E-state index >= 15 is 0 Å². The predicted octanol–water partition coefficient (Wildman–Crippen LogP) is 7.28. The number of rotatable bonds is 6. The van der Waals surface area contributed by atoms with E-state index in [1.807, 2.05) is 12.1 Å². The lowest BCUT2D eigenvalue weighted by molar-refractivity contribution is 0.0205. The van der Waals surface area contributed by atoms with E-state index in [0.717, 1.165) is 12.0 Å². The quantitative estimate of drug-likeness (QED) is 0.179. The molecule has 0 unspecified atom stereocenters. The van der Waals surface area contributed by atoms with Gasteiger partial charge in [-0.15, -0.1) is 15.0 Å². The van der Waals surface area contributed by atoms with E-state index in [9.17, 15) is 13.2 Å². The number of nitrogens with zero attached hydrogens (tertiary/aromatic N) is 3. The third kappa shape index (κ3) is 6.70. The largest absolute Gasteiger partial charge is 0.514 e. The summed E-state index contributed by atoms with van der Waals surface area (Å²) in [6.07, 6.45) is 0.0596. The maximum atomic E-state index is 13.2. The number of sulfone groups is 1. The van der Waals surface area contributed by atoms with Gasteiger partial charge in [-0.3, -0.25) is 0 Å². The van der Waals surface area contributed by atoms with E-state index in [1.165, 1.54) is 16.9 Å². The van der Waals surface area contributed by atoms with Gasteiger partial charge in [0.1, 0.15) is 22.3 Å². The number of carbonyl (C=O) groups excluding carboxylic acids is 1. The van der Waals surface area contributed by atoms with Crippen LogP contribution in [-0.4, -0.2) is 35.2 Å². The maximum absolute atomic E-state index is 13.2. The number of hydrogen-bond acceptors (Lipinski definition) is 7. The van der Waals surface area contributed by atoms with Crippen LogP contribution in [0.3, 0.4) is 0 Å². The third-order valence-electron chi connectivity index (χ3n) is 6.23. The van der Waals surface area contributed by atoms with Crippen LogP contribution in [0.2, 0.25) is 0 Å². The molecule has 0 aliphatic rings. The molecule has 40 heavy (non-hydrogen) atoms. The maximum Gasteiger partial charge on any atom is 0.514 e. The molecule has 0 saturated heterocycles. The van der Waals surface area contributed by atoms with Gasteiger partial charge in [0.25, 0.3) is 0 Å². The molecule has 0 radical (unpaired) electrons. The van der Waals surface area contributed by atoms with Crippen molar-refractivity contribution in [2.75, 3.05) is 0 Å². The molecule has 0 amide bonds. The molecule has 0 aliphatic heterocycles. The van der Waals surface area contributed by atoms with Gasteiger partial charge >= 0.3 is 6.16 Å². The molecular weight excluding hydrogens is 526 g/mol. The molecule has 0 spiro atoms. The number of fused-ring (bicyclic) bond motifs is 1. The van der Waals surface area contributed by atoms with Crippen molar-refractivity contribution in [3.05, 3.63) is 72.3 Å². The monoisotopic (exact) mass is 563 g/mol. The molecule has 0 bridgehead atoms. The topological polar surface area (TPSA) is 100 Å². The molecule has 0 aliphatic carbocycles. The van der Waals surface area contributed by atoms with Crippen LogP contribution in [0.15, 0.2) is 76.5 Å². The summed E-state index contributed by atoms with van der Waals surface area (Å²) in [7, 11) is -3.73. The Kier molecular flexibility index (Phi) is 7.58. The Morgan fingerprint density at radius 2 is 1.45 bits per heavy atom. The molecule has 0 atom stereocenters. The zero-order valence-corrected chi connectivity index (χ0v) is 25.2. The zero-order valence-electron chi connectivity index (χ0n) is 24.3. The summed E-state index contributed by atoms with van der Waals surface area (Å²) in [4.78, 5) is 14.3. The molecule has 0 fully saturated rings. The molecule has 9 heteroatoms. The summed E-state index contributed by atoms with van der Waals surface area (Å²) in [6.45, 7) is 16.2. The highest BCUT2D eigenvalue weighted by Gasteiger charge is 2.29. The van der Waals surface area contributed by atoms with Crippen molar-refractivity contribution in [3.63, 3.8) is 0 Å². The Labute approximate surface area is 236 Å². The normalized spacial score (nSPS) is 12.9. The Hall–Kier alpha value is -3.72. The molecule has 0 saturated carbocycles. The van der Waals surface area contributed by atoms with Crippen LogP contribution >= 0.6 is 0 Å². The lowest BCUT2D eigenvalue weighted by atomic mass is 9.72. The molecular formula is C31H37N3O5S. The molecule has 3 aromatic carbocycles. The second kappa shape index (κ2) is 10.4. The Balaban J connectivity index is 1.81. The van der Waals surface area contributed by atoms with Crippen LogP contribution in [0.25, 0.3) is 16.7 Å². The van der Waals surface area contributed by atoms with Crippen molar-refractivity contribution in [2.24, 2.45) is 5.41 Å². The minimum Gasteiger partial charge on any atom is -0.428 e. The molecule has 0 N–H and O–H groups in total. The van der Waals surface area contributed by atoms with Gasteiger partial charge in [-0.1, -0.05) is 58.9 Å². The van der Waals surface area contributed by atoms with Crippen LogP contribution in [0, 0.1) is 5.41 Å². The lowest BCUT2D eigenvalue weighted by Crippen LogP contribution is -2.27. The number of benzene rings is 3. The van der Waals surface area contributed by atoms with Crippen LogP contribution in [0.1, 0.15) is 67.4 Å². The fourth-order valence-corrected chi connectivity index (χ4v) is 6.18. The zero-order chi connectivity index (χ0) is 29.5. The van der Waals surface area contributed by atoms with Gasteiger partial charge in [0.15, 0.2) is 5.75 Å². The molecule has 1 aromatic heterocycles. The molecule has 4 rings (SSSR count). The van der Waals surface area contributed by atoms with Gasteiger partial charge in [0.2, 0.25) is 9.84 Å². The highest BCUT2D eigenvalue weighted by Crippen LogP contribution is 2.38. The number of aromatic nitrogens is 3. The fourth-order valence-electron chi connectivity index (χ4n) is 4.87. The van der Waals surface area contributed by atoms with Crippen molar-refractivity contribution in [1.82, 2.24) is 15.0 Å². The summed E-state index contributed by atoms with van der Waals surface area (Å²) in [5.74, 6) is 0.224. The van der Waals surface area contributed by atoms with E-state index < -0.39 is 21.6 Å². The van der Waals surface area contributed by atoms with Crippen LogP contribution in [-0.2, 0) is 20.0 Å². The van der Waals surface area contributed by atoms with Gasteiger partial charge in [-0.05, 0) is 86.1 Å². The first-order valence-electron chi connectivity index (χ1n) is 13.2. The van der Waals surface area contributed by atoms with Gasteiger partial charge < -0.3 is 9.47 Å². The van der Waals surface area contributed by atoms with Crippen LogP contribution in [0.5, 0.6) is 5.75 Å². The van der Waals surface area contributed by atoms with E-state index in [0.29, 0.717) is 16.7 Å². The van der Waals surface area contributed by atoms with E-state index in [4.69, 9.17) is 9.47 Å².